The van der Waals surface area contributed by atoms with Crippen LogP contribution in [0.2, 0.25) is 0 Å². The van der Waals surface area contributed by atoms with Crippen LogP contribution in [-0.2, 0) is 20.9 Å². The van der Waals surface area contributed by atoms with Crippen molar-refractivity contribution in [3.05, 3.63) is 35.4 Å². The van der Waals surface area contributed by atoms with Crippen molar-refractivity contribution in [2.24, 2.45) is 5.92 Å². The third kappa shape index (κ3) is 5.45. The first-order valence-electron chi connectivity index (χ1n) is 11.6. The van der Waals surface area contributed by atoms with Crippen LogP contribution in [0.1, 0.15) is 43.2 Å². The molecule has 0 radical (unpaired) electrons. The van der Waals surface area contributed by atoms with Crippen LogP contribution in [0.5, 0.6) is 0 Å². The number of hydrogen-bond donors (Lipinski definition) is 1. The smallest absolute Gasteiger partial charge is 0.237 e. The van der Waals surface area contributed by atoms with E-state index in [1.54, 1.807) is 0 Å². The molecule has 7 heteroatoms. The van der Waals surface area contributed by atoms with E-state index in [4.69, 9.17) is 0 Å². The molecule has 0 aliphatic carbocycles. The zero-order valence-electron chi connectivity index (χ0n) is 18.5. The molecule has 3 fully saturated rings. The summed E-state index contributed by atoms with van der Waals surface area (Å²) in [6.07, 6.45) is 3.74. The first-order chi connectivity index (χ1) is 15.0. The highest BCUT2D eigenvalue weighted by atomic mass is 16.2. The Morgan fingerprint density at radius 2 is 1.81 bits per heavy atom. The van der Waals surface area contributed by atoms with E-state index in [1.807, 2.05) is 9.80 Å². The van der Waals surface area contributed by atoms with Crippen molar-refractivity contribution in [2.75, 3.05) is 39.3 Å². The van der Waals surface area contributed by atoms with Crippen molar-refractivity contribution < 1.29 is 14.4 Å². The average Bonchev–Trinajstić information content (AvgIpc) is 3.17. The number of carbonyl (C=O) groups excluding carboxylic acids is 3. The number of piperazine rings is 1. The molecule has 1 atom stereocenters. The Hall–Kier alpha value is -2.41. The number of benzene rings is 1. The molecule has 1 aromatic carbocycles. The van der Waals surface area contributed by atoms with Crippen molar-refractivity contribution in [1.29, 1.82) is 0 Å². The summed E-state index contributed by atoms with van der Waals surface area (Å²) in [5.41, 5.74) is 2.37. The molecule has 7 nitrogen and oxygen atoms in total. The molecule has 168 valence electrons. The summed E-state index contributed by atoms with van der Waals surface area (Å²) >= 11 is 0. The number of rotatable bonds is 6. The maximum Gasteiger partial charge on any atom is 0.237 e. The maximum absolute atomic E-state index is 13.0. The van der Waals surface area contributed by atoms with Gasteiger partial charge in [-0.05, 0) is 37.7 Å². The van der Waals surface area contributed by atoms with E-state index in [9.17, 15) is 14.4 Å². The zero-order chi connectivity index (χ0) is 21.8. The molecule has 0 spiro atoms. The van der Waals surface area contributed by atoms with Crippen LogP contribution in [0.15, 0.2) is 24.3 Å². The van der Waals surface area contributed by atoms with Gasteiger partial charge in [-0.25, -0.2) is 0 Å². The molecule has 0 unspecified atom stereocenters. The summed E-state index contributed by atoms with van der Waals surface area (Å²) in [5.74, 6) is 0.762. The minimum atomic E-state index is -0.414. The second-order valence-electron chi connectivity index (χ2n) is 9.23. The standard InChI is InChI=1S/C24H34N4O3/c1-18-4-6-19(7-5-18)16-27-14-10-25-24(31)21(27)15-23(30)26-12-8-20(9-13-26)17-28-11-2-3-22(28)29/h4-7,20-21H,2-3,8-17H2,1H3,(H,25,31)/t21-/m1/s1. The Balaban J connectivity index is 1.30. The van der Waals surface area contributed by atoms with Crippen LogP contribution in [-0.4, -0.2) is 77.7 Å². The van der Waals surface area contributed by atoms with Crippen LogP contribution >= 0.6 is 0 Å². The monoisotopic (exact) mass is 426 g/mol. The molecule has 1 aromatic rings. The molecular weight excluding hydrogens is 392 g/mol. The lowest BCUT2D eigenvalue weighted by Crippen LogP contribution is -2.56. The first kappa shape index (κ1) is 21.8. The quantitative estimate of drug-likeness (QED) is 0.749. The van der Waals surface area contributed by atoms with Gasteiger partial charge >= 0.3 is 0 Å². The van der Waals surface area contributed by atoms with Gasteiger partial charge in [-0.1, -0.05) is 29.8 Å². The molecule has 31 heavy (non-hydrogen) atoms. The van der Waals surface area contributed by atoms with Crippen LogP contribution in [0.3, 0.4) is 0 Å². The fraction of sp³-hybridized carbons (Fsp3) is 0.625. The molecule has 1 N–H and O–H groups in total. The van der Waals surface area contributed by atoms with E-state index >= 15 is 0 Å². The van der Waals surface area contributed by atoms with Crippen molar-refractivity contribution in [3.63, 3.8) is 0 Å². The Bertz CT molecular complexity index is 802. The number of nitrogens with zero attached hydrogens (tertiary/aromatic N) is 3. The average molecular weight is 427 g/mol. The molecule has 0 saturated carbocycles. The van der Waals surface area contributed by atoms with Gasteiger partial charge in [0.15, 0.2) is 0 Å². The minimum Gasteiger partial charge on any atom is -0.353 e. The van der Waals surface area contributed by atoms with Crippen LogP contribution in [0.25, 0.3) is 0 Å². The lowest BCUT2D eigenvalue weighted by Gasteiger charge is -2.37. The van der Waals surface area contributed by atoms with Gasteiger partial charge < -0.3 is 15.1 Å². The number of aryl methyl sites for hydroxylation is 1. The summed E-state index contributed by atoms with van der Waals surface area (Å²) in [5, 5.41) is 2.93. The molecular formula is C24H34N4O3. The van der Waals surface area contributed by atoms with E-state index in [1.165, 1.54) is 5.56 Å². The number of likely N-dealkylation sites (tertiary alicyclic amines) is 2. The topological polar surface area (TPSA) is 73.0 Å². The van der Waals surface area contributed by atoms with Crippen LogP contribution in [0, 0.1) is 12.8 Å². The highest BCUT2D eigenvalue weighted by Crippen LogP contribution is 2.23. The predicted octanol–water partition coefficient (Wildman–Crippen LogP) is 1.55. The van der Waals surface area contributed by atoms with Gasteiger partial charge in [-0.3, -0.25) is 19.3 Å². The van der Waals surface area contributed by atoms with Crippen molar-refractivity contribution >= 4 is 17.7 Å². The van der Waals surface area contributed by atoms with Crippen LogP contribution in [0.4, 0.5) is 0 Å². The third-order valence-corrected chi connectivity index (χ3v) is 6.93. The second-order valence-corrected chi connectivity index (χ2v) is 9.23. The van der Waals surface area contributed by atoms with Crippen molar-refractivity contribution in [3.8, 4) is 0 Å². The molecule has 3 saturated heterocycles. The normalized spacial score (nSPS) is 23.3. The van der Waals surface area contributed by atoms with Gasteiger partial charge in [0.2, 0.25) is 17.7 Å². The Labute approximate surface area is 184 Å². The fourth-order valence-electron chi connectivity index (χ4n) is 4.97. The number of carbonyl (C=O) groups is 3. The number of hydrogen-bond acceptors (Lipinski definition) is 4. The molecule has 4 rings (SSSR count). The summed E-state index contributed by atoms with van der Waals surface area (Å²) in [4.78, 5) is 43.5. The van der Waals surface area contributed by atoms with Gasteiger partial charge in [0.05, 0.1) is 12.5 Å². The third-order valence-electron chi connectivity index (χ3n) is 6.93. The second kappa shape index (κ2) is 9.81. The Kier molecular flexibility index (Phi) is 6.90. The van der Waals surface area contributed by atoms with Gasteiger partial charge in [0.25, 0.3) is 0 Å². The Morgan fingerprint density at radius 1 is 1.06 bits per heavy atom. The molecule has 3 aliphatic heterocycles. The first-order valence-corrected chi connectivity index (χ1v) is 11.6. The number of nitrogens with one attached hydrogen (secondary N) is 1. The van der Waals surface area contributed by atoms with Crippen molar-refractivity contribution in [1.82, 2.24) is 20.0 Å². The molecule has 3 heterocycles. The van der Waals surface area contributed by atoms with E-state index in [0.29, 0.717) is 25.4 Å². The Morgan fingerprint density at radius 3 is 2.48 bits per heavy atom. The summed E-state index contributed by atoms with van der Waals surface area (Å²) in [6.45, 7) is 7.26. The number of amides is 3. The largest absolute Gasteiger partial charge is 0.353 e. The predicted molar refractivity (Wildman–Crippen MR) is 118 cm³/mol. The van der Waals surface area contributed by atoms with E-state index < -0.39 is 6.04 Å². The van der Waals surface area contributed by atoms with E-state index in [-0.39, 0.29) is 24.1 Å². The van der Waals surface area contributed by atoms with Crippen molar-refractivity contribution in [2.45, 2.75) is 51.6 Å². The summed E-state index contributed by atoms with van der Waals surface area (Å²) in [7, 11) is 0. The molecule has 0 bridgehead atoms. The van der Waals surface area contributed by atoms with E-state index in [2.05, 4.69) is 41.4 Å². The lowest BCUT2D eigenvalue weighted by molar-refractivity contribution is -0.140. The van der Waals surface area contributed by atoms with Gasteiger partial charge in [-0.2, -0.15) is 0 Å². The van der Waals surface area contributed by atoms with E-state index in [0.717, 1.165) is 57.5 Å². The molecule has 3 amide bonds. The number of piperidine rings is 1. The highest BCUT2D eigenvalue weighted by Gasteiger charge is 2.34. The van der Waals surface area contributed by atoms with Gasteiger partial charge in [-0.15, -0.1) is 0 Å². The van der Waals surface area contributed by atoms with Gasteiger partial charge in [0, 0.05) is 52.2 Å². The van der Waals surface area contributed by atoms with Crippen LogP contribution < -0.4 is 5.32 Å². The summed E-state index contributed by atoms with van der Waals surface area (Å²) in [6, 6.07) is 7.94. The molecule has 3 aliphatic rings. The fourth-order valence-corrected chi connectivity index (χ4v) is 4.97. The van der Waals surface area contributed by atoms with Gasteiger partial charge in [0.1, 0.15) is 0 Å². The minimum absolute atomic E-state index is 0.0471. The lowest BCUT2D eigenvalue weighted by atomic mass is 9.95. The zero-order valence-corrected chi connectivity index (χ0v) is 18.5. The SMILES string of the molecule is Cc1ccc(CN2CCNC(=O)[C@H]2CC(=O)N2CCC(CN3CCCC3=O)CC2)cc1. The maximum atomic E-state index is 13.0. The molecule has 0 aromatic heterocycles. The summed E-state index contributed by atoms with van der Waals surface area (Å²) < 4.78 is 0. The highest BCUT2D eigenvalue weighted by molar-refractivity contribution is 5.89.